The molecule has 0 unspecified atom stereocenters. The molecule has 0 radical (unpaired) electrons. The van der Waals surface area contributed by atoms with E-state index < -0.39 is 0 Å². The third-order valence-corrected chi connectivity index (χ3v) is 2.05. The minimum atomic E-state index is 0.286. The molecule has 0 saturated heterocycles. The monoisotopic (exact) mass is 197 g/mol. The summed E-state index contributed by atoms with van der Waals surface area (Å²) in [6, 6.07) is 11.0. The Labute approximate surface area is 88.5 Å². The van der Waals surface area contributed by atoms with Crippen molar-refractivity contribution in [3.8, 4) is 5.75 Å². The Morgan fingerprint density at radius 3 is 2.33 bits per heavy atom. The van der Waals surface area contributed by atoms with Gasteiger partial charge in [-0.1, -0.05) is 30.4 Å². The van der Waals surface area contributed by atoms with E-state index in [0.29, 0.717) is 0 Å². The number of hydrogen-bond acceptors (Lipinski definition) is 2. The molecule has 15 heavy (non-hydrogen) atoms. The summed E-state index contributed by atoms with van der Waals surface area (Å²) in [7, 11) is 0. The van der Waals surface area contributed by atoms with Gasteiger partial charge in [0.1, 0.15) is 5.75 Å². The second-order valence-electron chi connectivity index (χ2n) is 3.21. The molecule has 0 aliphatic carbocycles. The summed E-state index contributed by atoms with van der Waals surface area (Å²) in [5, 5.41) is 9.11. The van der Waals surface area contributed by atoms with Crippen molar-refractivity contribution < 1.29 is 5.11 Å². The lowest BCUT2D eigenvalue weighted by Gasteiger charge is -1.94. The second-order valence-corrected chi connectivity index (χ2v) is 3.21. The van der Waals surface area contributed by atoms with Crippen LogP contribution in [0.25, 0.3) is 12.2 Å². The second kappa shape index (κ2) is 4.42. The molecular weight excluding hydrogens is 186 g/mol. The normalized spacial score (nSPS) is 10.7. The summed E-state index contributed by atoms with van der Waals surface area (Å²) in [5.74, 6) is 0.286. The van der Waals surface area contributed by atoms with Crippen LogP contribution in [-0.4, -0.2) is 10.1 Å². The zero-order chi connectivity index (χ0) is 10.5. The van der Waals surface area contributed by atoms with Gasteiger partial charge in [0, 0.05) is 12.4 Å². The average molecular weight is 197 g/mol. The zero-order valence-electron chi connectivity index (χ0n) is 8.17. The number of phenolic OH excluding ortho intramolecular Hbond substituents is 1. The van der Waals surface area contributed by atoms with Gasteiger partial charge in [-0.2, -0.15) is 0 Å². The Hall–Kier alpha value is -2.09. The molecule has 1 aromatic heterocycles. The van der Waals surface area contributed by atoms with E-state index in [0.717, 1.165) is 11.1 Å². The van der Waals surface area contributed by atoms with Gasteiger partial charge in [0.25, 0.3) is 0 Å². The fraction of sp³-hybridized carbons (Fsp3) is 0. The van der Waals surface area contributed by atoms with E-state index >= 15 is 0 Å². The highest BCUT2D eigenvalue weighted by Gasteiger charge is 1.88. The number of hydrogen-bond donors (Lipinski definition) is 1. The first kappa shape index (κ1) is 9.46. The molecule has 1 N–H and O–H groups in total. The number of nitrogens with zero attached hydrogens (tertiary/aromatic N) is 1. The molecule has 0 aliphatic heterocycles. The van der Waals surface area contributed by atoms with Crippen LogP contribution in [0.5, 0.6) is 5.75 Å². The molecule has 0 amide bonds. The smallest absolute Gasteiger partial charge is 0.115 e. The molecule has 1 heterocycles. The van der Waals surface area contributed by atoms with Gasteiger partial charge < -0.3 is 5.11 Å². The topological polar surface area (TPSA) is 33.1 Å². The fourth-order valence-corrected chi connectivity index (χ4v) is 1.25. The van der Waals surface area contributed by atoms with Crippen molar-refractivity contribution in [3.05, 3.63) is 59.9 Å². The average Bonchev–Trinajstić information content (AvgIpc) is 2.30. The highest BCUT2D eigenvalue weighted by atomic mass is 16.3. The van der Waals surface area contributed by atoms with Crippen LogP contribution in [0, 0.1) is 0 Å². The number of rotatable bonds is 2. The standard InChI is InChI=1S/C13H11NO/c15-13-7-5-11(6-8-13)3-4-12-2-1-9-14-10-12/h1-10,15H/b4-3-. The van der Waals surface area contributed by atoms with Gasteiger partial charge in [0.2, 0.25) is 0 Å². The van der Waals surface area contributed by atoms with E-state index in [9.17, 15) is 0 Å². The molecule has 2 aromatic rings. The van der Waals surface area contributed by atoms with Gasteiger partial charge in [0.15, 0.2) is 0 Å². The third-order valence-electron chi connectivity index (χ3n) is 2.05. The highest BCUT2D eigenvalue weighted by molar-refractivity contribution is 5.69. The summed E-state index contributed by atoms with van der Waals surface area (Å²) >= 11 is 0. The van der Waals surface area contributed by atoms with E-state index in [-0.39, 0.29) is 5.75 Å². The lowest BCUT2D eigenvalue weighted by atomic mass is 10.1. The molecule has 0 saturated carbocycles. The maximum Gasteiger partial charge on any atom is 0.115 e. The van der Waals surface area contributed by atoms with E-state index in [1.807, 2.05) is 36.4 Å². The molecule has 2 rings (SSSR count). The molecule has 0 bridgehead atoms. The van der Waals surface area contributed by atoms with Gasteiger partial charge in [-0.05, 0) is 29.3 Å². The Morgan fingerprint density at radius 2 is 1.67 bits per heavy atom. The predicted octanol–water partition coefficient (Wildman–Crippen LogP) is 2.96. The lowest BCUT2D eigenvalue weighted by molar-refractivity contribution is 0.475. The summed E-state index contributed by atoms with van der Waals surface area (Å²) < 4.78 is 0. The van der Waals surface area contributed by atoms with Crippen molar-refractivity contribution in [2.24, 2.45) is 0 Å². The third kappa shape index (κ3) is 2.68. The van der Waals surface area contributed by atoms with Crippen LogP contribution in [0.3, 0.4) is 0 Å². The summed E-state index contributed by atoms with van der Waals surface area (Å²) in [4.78, 5) is 4.02. The van der Waals surface area contributed by atoms with Gasteiger partial charge >= 0.3 is 0 Å². The fourth-order valence-electron chi connectivity index (χ4n) is 1.25. The highest BCUT2D eigenvalue weighted by Crippen LogP contribution is 2.12. The summed E-state index contributed by atoms with van der Waals surface area (Å²) in [6.45, 7) is 0. The van der Waals surface area contributed by atoms with Crippen molar-refractivity contribution in [2.75, 3.05) is 0 Å². The van der Waals surface area contributed by atoms with E-state index in [2.05, 4.69) is 4.98 Å². The molecule has 2 nitrogen and oxygen atoms in total. The van der Waals surface area contributed by atoms with Crippen molar-refractivity contribution in [1.82, 2.24) is 4.98 Å². The molecule has 74 valence electrons. The molecule has 0 fully saturated rings. The number of phenols is 1. The number of pyridine rings is 1. The number of aromatic nitrogens is 1. The van der Waals surface area contributed by atoms with Gasteiger partial charge in [-0.3, -0.25) is 4.98 Å². The maximum atomic E-state index is 9.11. The van der Waals surface area contributed by atoms with Gasteiger partial charge in [-0.15, -0.1) is 0 Å². The number of benzene rings is 1. The first-order valence-corrected chi connectivity index (χ1v) is 4.72. The van der Waals surface area contributed by atoms with Crippen molar-refractivity contribution in [2.45, 2.75) is 0 Å². The van der Waals surface area contributed by atoms with E-state index in [1.54, 1.807) is 24.5 Å². The van der Waals surface area contributed by atoms with Crippen molar-refractivity contribution >= 4 is 12.2 Å². The molecule has 0 spiro atoms. The SMILES string of the molecule is Oc1ccc(/C=C\c2cccnc2)cc1. The van der Waals surface area contributed by atoms with E-state index in [1.165, 1.54) is 0 Å². The summed E-state index contributed by atoms with van der Waals surface area (Å²) in [5.41, 5.74) is 2.11. The Balaban J connectivity index is 2.15. The van der Waals surface area contributed by atoms with Crippen LogP contribution in [-0.2, 0) is 0 Å². The quantitative estimate of drug-likeness (QED) is 0.802. The molecular formula is C13H11NO. The lowest BCUT2D eigenvalue weighted by Crippen LogP contribution is -1.74. The van der Waals surface area contributed by atoms with Crippen LogP contribution >= 0.6 is 0 Å². The molecule has 2 heteroatoms. The van der Waals surface area contributed by atoms with Crippen LogP contribution in [0.2, 0.25) is 0 Å². The Kier molecular flexibility index (Phi) is 2.79. The molecule has 0 atom stereocenters. The van der Waals surface area contributed by atoms with Crippen LogP contribution < -0.4 is 0 Å². The van der Waals surface area contributed by atoms with Gasteiger partial charge in [-0.25, -0.2) is 0 Å². The maximum absolute atomic E-state index is 9.11. The van der Waals surface area contributed by atoms with Crippen LogP contribution in [0.4, 0.5) is 0 Å². The van der Waals surface area contributed by atoms with Crippen LogP contribution in [0.15, 0.2) is 48.8 Å². The van der Waals surface area contributed by atoms with Crippen LogP contribution in [0.1, 0.15) is 11.1 Å². The van der Waals surface area contributed by atoms with E-state index in [4.69, 9.17) is 5.11 Å². The zero-order valence-corrected chi connectivity index (χ0v) is 8.17. The minimum absolute atomic E-state index is 0.286. The number of aromatic hydroxyl groups is 1. The first-order valence-electron chi connectivity index (χ1n) is 4.72. The predicted molar refractivity (Wildman–Crippen MR) is 61.3 cm³/mol. The Bertz CT molecular complexity index is 446. The largest absolute Gasteiger partial charge is 0.508 e. The molecule has 1 aromatic carbocycles. The van der Waals surface area contributed by atoms with Crippen molar-refractivity contribution in [3.63, 3.8) is 0 Å². The minimum Gasteiger partial charge on any atom is -0.508 e. The molecule has 0 aliphatic rings. The van der Waals surface area contributed by atoms with Gasteiger partial charge in [0.05, 0.1) is 0 Å². The van der Waals surface area contributed by atoms with Crippen molar-refractivity contribution in [1.29, 1.82) is 0 Å². The Morgan fingerprint density at radius 1 is 0.933 bits per heavy atom. The first-order chi connectivity index (χ1) is 7.34. The summed E-state index contributed by atoms with van der Waals surface area (Å²) in [6.07, 6.45) is 7.52.